The lowest BCUT2D eigenvalue weighted by atomic mass is 10.1. The fraction of sp³-hybridized carbons (Fsp3) is 0.300. The summed E-state index contributed by atoms with van der Waals surface area (Å²) in [5.41, 5.74) is 4.29. The lowest BCUT2D eigenvalue weighted by molar-refractivity contribution is -0.124. The lowest BCUT2D eigenvalue weighted by Gasteiger charge is -2.14. The molecule has 0 unspecified atom stereocenters. The molecule has 1 aliphatic rings. The van der Waals surface area contributed by atoms with Gasteiger partial charge in [0, 0.05) is 11.7 Å². The van der Waals surface area contributed by atoms with Crippen molar-refractivity contribution in [2.45, 2.75) is 32.7 Å². The summed E-state index contributed by atoms with van der Waals surface area (Å²) in [4.78, 5) is 24.1. The van der Waals surface area contributed by atoms with Gasteiger partial charge >= 0.3 is 5.97 Å². The Balaban J connectivity index is 1.70. The molecule has 130 valence electrons. The molecule has 0 aromatic heterocycles. The van der Waals surface area contributed by atoms with Crippen LogP contribution in [-0.2, 0) is 9.53 Å². The normalized spacial score (nSPS) is 13.2. The van der Waals surface area contributed by atoms with Gasteiger partial charge in [-0.25, -0.2) is 4.79 Å². The molecular weight excluding hydrogens is 316 g/mol. The average molecular weight is 338 g/mol. The van der Waals surface area contributed by atoms with E-state index in [1.54, 1.807) is 12.1 Å². The summed E-state index contributed by atoms with van der Waals surface area (Å²) in [6.07, 6.45) is 2.00. The van der Waals surface area contributed by atoms with Crippen molar-refractivity contribution in [1.82, 2.24) is 5.32 Å². The van der Waals surface area contributed by atoms with Gasteiger partial charge in [0.15, 0.2) is 6.61 Å². The van der Waals surface area contributed by atoms with Crippen molar-refractivity contribution >= 4 is 23.3 Å². The summed E-state index contributed by atoms with van der Waals surface area (Å²) in [6.45, 7) is 3.81. The van der Waals surface area contributed by atoms with Crippen LogP contribution in [0.25, 0.3) is 0 Å². The number of amides is 1. The quantitative estimate of drug-likeness (QED) is 0.791. The Morgan fingerprint density at radius 2 is 1.76 bits per heavy atom. The number of esters is 1. The Labute approximate surface area is 147 Å². The number of carbonyl (C=O) groups is 2. The molecule has 1 aliphatic carbocycles. The molecule has 5 heteroatoms. The molecule has 1 saturated carbocycles. The first kappa shape index (κ1) is 17.0. The first-order valence-electron chi connectivity index (χ1n) is 8.43. The second-order valence-electron chi connectivity index (χ2n) is 6.34. The molecule has 5 nitrogen and oxygen atoms in total. The van der Waals surface area contributed by atoms with Gasteiger partial charge in [-0.1, -0.05) is 24.3 Å². The van der Waals surface area contributed by atoms with E-state index in [9.17, 15) is 9.59 Å². The van der Waals surface area contributed by atoms with E-state index in [1.165, 1.54) is 5.56 Å². The monoisotopic (exact) mass is 338 g/mol. The Kier molecular flexibility index (Phi) is 5.03. The van der Waals surface area contributed by atoms with Crippen LogP contribution in [0.1, 0.15) is 34.3 Å². The second-order valence-corrected chi connectivity index (χ2v) is 6.34. The van der Waals surface area contributed by atoms with Crippen LogP contribution in [0.3, 0.4) is 0 Å². The number of benzene rings is 2. The molecule has 0 radical (unpaired) electrons. The standard InChI is InChI=1S/C20H22N2O3/c1-13-6-5-9-17(14(13)2)22-18-8-4-3-7-16(18)20(24)25-12-19(23)21-15-10-11-15/h3-9,15,22H,10-12H2,1-2H3,(H,21,23). The van der Waals surface area contributed by atoms with Crippen molar-refractivity contribution in [1.29, 1.82) is 0 Å². The molecule has 0 saturated heterocycles. The maximum atomic E-state index is 12.4. The van der Waals surface area contributed by atoms with Crippen LogP contribution in [0.5, 0.6) is 0 Å². The predicted molar refractivity (Wildman–Crippen MR) is 97.1 cm³/mol. The Bertz CT molecular complexity index is 797. The number of anilines is 2. The smallest absolute Gasteiger partial charge is 0.340 e. The number of rotatable bonds is 6. The van der Waals surface area contributed by atoms with Crippen LogP contribution < -0.4 is 10.6 Å². The molecule has 2 aromatic rings. The van der Waals surface area contributed by atoms with E-state index in [0.717, 1.165) is 24.1 Å². The largest absolute Gasteiger partial charge is 0.452 e. The number of aryl methyl sites for hydroxylation is 1. The van der Waals surface area contributed by atoms with E-state index in [1.807, 2.05) is 44.2 Å². The van der Waals surface area contributed by atoms with Gasteiger partial charge in [0.05, 0.1) is 11.3 Å². The topological polar surface area (TPSA) is 67.4 Å². The molecule has 2 aromatic carbocycles. The molecule has 1 fully saturated rings. The molecule has 1 amide bonds. The third-order valence-corrected chi connectivity index (χ3v) is 4.30. The van der Waals surface area contributed by atoms with Gasteiger partial charge in [0.2, 0.25) is 0 Å². The highest BCUT2D eigenvalue weighted by molar-refractivity contribution is 5.97. The van der Waals surface area contributed by atoms with E-state index in [4.69, 9.17) is 4.74 Å². The zero-order valence-corrected chi connectivity index (χ0v) is 14.5. The number of carbonyl (C=O) groups excluding carboxylic acids is 2. The summed E-state index contributed by atoms with van der Waals surface area (Å²) in [7, 11) is 0. The molecule has 0 heterocycles. The van der Waals surface area contributed by atoms with Crippen LogP contribution in [0.15, 0.2) is 42.5 Å². The van der Waals surface area contributed by atoms with Crippen molar-refractivity contribution in [2.24, 2.45) is 0 Å². The maximum Gasteiger partial charge on any atom is 0.340 e. The zero-order chi connectivity index (χ0) is 17.8. The number of nitrogens with one attached hydrogen (secondary N) is 2. The molecule has 3 rings (SSSR count). The average Bonchev–Trinajstić information content (AvgIpc) is 3.41. The zero-order valence-electron chi connectivity index (χ0n) is 14.5. The Morgan fingerprint density at radius 1 is 1.04 bits per heavy atom. The summed E-state index contributed by atoms with van der Waals surface area (Å²) >= 11 is 0. The fourth-order valence-corrected chi connectivity index (χ4v) is 2.51. The van der Waals surface area contributed by atoms with Crippen LogP contribution in [0.4, 0.5) is 11.4 Å². The minimum Gasteiger partial charge on any atom is -0.452 e. The number of ether oxygens (including phenoxy) is 1. The maximum absolute atomic E-state index is 12.4. The Morgan fingerprint density at radius 3 is 2.52 bits per heavy atom. The van der Waals surface area contributed by atoms with Crippen molar-refractivity contribution in [3.8, 4) is 0 Å². The SMILES string of the molecule is Cc1cccc(Nc2ccccc2C(=O)OCC(=O)NC2CC2)c1C. The third kappa shape index (κ3) is 4.38. The van der Waals surface area contributed by atoms with E-state index < -0.39 is 5.97 Å². The third-order valence-electron chi connectivity index (χ3n) is 4.30. The number of para-hydroxylation sites is 1. The van der Waals surface area contributed by atoms with Gasteiger partial charge < -0.3 is 15.4 Å². The lowest BCUT2D eigenvalue weighted by Crippen LogP contribution is -2.30. The van der Waals surface area contributed by atoms with Crippen LogP contribution in [0, 0.1) is 13.8 Å². The van der Waals surface area contributed by atoms with Gasteiger partial charge in [-0.15, -0.1) is 0 Å². The van der Waals surface area contributed by atoms with Crippen molar-refractivity contribution in [3.05, 3.63) is 59.2 Å². The van der Waals surface area contributed by atoms with Crippen LogP contribution in [-0.4, -0.2) is 24.5 Å². The molecule has 0 aliphatic heterocycles. The molecular formula is C20H22N2O3. The first-order chi connectivity index (χ1) is 12.0. The first-order valence-corrected chi connectivity index (χ1v) is 8.43. The van der Waals surface area contributed by atoms with Gasteiger partial charge in [0.25, 0.3) is 5.91 Å². The number of hydrogen-bond acceptors (Lipinski definition) is 4. The number of hydrogen-bond donors (Lipinski definition) is 2. The molecule has 2 N–H and O–H groups in total. The summed E-state index contributed by atoms with van der Waals surface area (Å²) in [6, 6.07) is 13.4. The van der Waals surface area contributed by atoms with Gasteiger partial charge in [0.1, 0.15) is 0 Å². The molecule has 25 heavy (non-hydrogen) atoms. The van der Waals surface area contributed by atoms with Gasteiger partial charge in [-0.05, 0) is 56.0 Å². The summed E-state index contributed by atoms with van der Waals surface area (Å²) in [5, 5.41) is 6.09. The predicted octanol–water partition coefficient (Wildman–Crippen LogP) is 3.48. The van der Waals surface area contributed by atoms with Gasteiger partial charge in [-0.3, -0.25) is 4.79 Å². The van der Waals surface area contributed by atoms with E-state index in [-0.39, 0.29) is 18.6 Å². The summed E-state index contributed by atoms with van der Waals surface area (Å²) in [5.74, 6) is -0.768. The minimum atomic E-state index is -0.514. The second kappa shape index (κ2) is 7.38. The fourth-order valence-electron chi connectivity index (χ4n) is 2.51. The van der Waals surface area contributed by atoms with Crippen molar-refractivity contribution < 1.29 is 14.3 Å². The Hall–Kier alpha value is -2.82. The highest BCUT2D eigenvalue weighted by atomic mass is 16.5. The van der Waals surface area contributed by atoms with Gasteiger partial charge in [-0.2, -0.15) is 0 Å². The minimum absolute atomic E-state index is 0.254. The van der Waals surface area contributed by atoms with Crippen LogP contribution >= 0.6 is 0 Å². The molecule has 0 spiro atoms. The van der Waals surface area contributed by atoms with Crippen molar-refractivity contribution in [3.63, 3.8) is 0 Å². The van der Waals surface area contributed by atoms with Crippen LogP contribution in [0.2, 0.25) is 0 Å². The molecule has 0 atom stereocenters. The highest BCUT2D eigenvalue weighted by Crippen LogP contribution is 2.25. The van der Waals surface area contributed by atoms with Crippen molar-refractivity contribution in [2.75, 3.05) is 11.9 Å². The summed E-state index contributed by atoms with van der Waals surface area (Å²) < 4.78 is 5.16. The van der Waals surface area contributed by atoms with E-state index >= 15 is 0 Å². The highest BCUT2D eigenvalue weighted by Gasteiger charge is 2.24. The molecule has 0 bridgehead atoms. The van der Waals surface area contributed by atoms with E-state index in [0.29, 0.717) is 11.3 Å². The van der Waals surface area contributed by atoms with E-state index in [2.05, 4.69) is 10.6 Å².